The topological polar surface area (TPSA) is 94.5 Å². The number of aliphatic hydroxyl groups excluding tert-OH is 2. The molecule has 2 N–H and O–H groups in total. The van der Waals surface area contributed by atoms with E-state index in [0.717, 1.165) is 16.7 Å². The predicted molar refractivity (Wildman–Crippen MR) is 144 cm³/mol. The Morgan fingerprint density at radius 1 is 0.737 bits per heavy atom. The Labute approximate surface area is 224 Å². The van der Waals surface area contributed by atoms with Crippen molar-refractivity contribution in [1.82, 2.24) is 0 Å². The second-order valence-electron chi connectivity index (χ2n) is 8.90. The van der Waals surface area contributed by atoms with Crippen LogP contribution in [0.1, 0.15) is 22.6 Å². The minimum absolute atomic E-state index is 0.213. The average molecular weight is 521 g/mol. The quantitative estimate of drug-likeness (QED) is 0.348. The van der Waals surface area contributed by atoms with E-state index in [4.69, 9.17) is 23.7 Å². The van der Waals surface area contributed by atoms with Crippen LogP contribution in [0.3, 0.4) is 0 Å². The van der Waals surface area contributed by atoms with E-state index in [1.165, 1.54) is 0 Å². The fourth-order valence-electron chi connectivity index (χ4n) is 4.68. The summed E-state index contributed by atoms with van der Waals surface area (Å²) in [6.45, 7) is 5.75. The minimum atomic E-state index is -1.35. The Hall–Kier alpha value is -3.17. The maximum Gasteiger partial charge on any atom is 0.187 e. The predicted octanol–water partition coefficient (Wildman–Crippen LogP) is 4.04. The second kappa shape index (κ2) is 15.3. The highest BCUT2D eigenvalue weighted by molar-refractivity contribution is 5.28. The van der Waals surface area contributed by atoms with E-state index in [2.05, 4.69) is 6.58 Å². The zero-order valence-electron chi connectivity index (χ0n) is 21.4. The summed E-state index contributed by atoms with van der Waals surface area (Å²) < 4.78 is 25.4. The van der Waals surface area contributed by atoms with Gasteiger partial charge in [0.05, 0.1) is 39.1 Å². The molecule has 7 heteroatoms. The van der Waals surface area contributed by atoms with Crippen molar-refractivity contribution in [3.63, 3.8) is 0 Å². The normalized spacial score (nSPS) is 22.2. The molecule has 1 saturated heterocycles. The van der Waals surface area contributed by atoms with Gasteiger partial charge >= 0.3 is 0 Å². The highest BCUT2D eigenvalue weighted by Crippen LogP contribution is 2.44. The van der Waals surface area contributed by atoms with Crippen LogP contribution in [0.15, 0.2) is 104 Å². The van der Waals surface area contributed by atoms with E-state index in [0.29, 0.717) is 13.2 Å². The smallest absolute Gasteiger partial charge is 0.187 e. The third-order valence-corrected chi connectivity index (χ3v) is 6.48. The van der Waals surface area contributed by atoms with Gasteiger partial charge in [-0.3, -0.25) is 0 Å². The molecule has 1 unspecified atom stereocenters. The first-order chi connectivity index (χ1) is 18.7. The molecule has 4 rings (SSSR count). The van der Waals surface area contributed by atoms with Gasteiger partial charge in [0.25, 0.3) is 0 Å². The molecule has 38 heavy (non-hydrogen) atoms. The molecule has 1 aliphatic rings. The van der Waals surface area contributed by atoms with Gasteiger partial charge in [0, 0.05) is 5.92 Å². The van der Waals surface area contributed by atoms with Crippen LogP contribution in [0.5, 0.6) is 0 Å². The molecule has 4 atom stereocenters. The second-order valence-corrected chi connectivity index (χ2v) is 8.90. The highest BCUT2D eigenvalue weighted by Gasteiger charge is 2.56. The lowest BCUT2D eigenvalue weighted by atomic mass is 9.74. The molecule has 7 nitrogen and oxygen atoms in total. The molecule has 0 aliphatic carbocycles. The average Bonchev–Trinajstić information content (AvgIpc) is 3.00. The number of hydrogen-bond acceptors (Lipinski definition) is 7. The van der Waals surface area contributed by atoms with E-state index in [-0.39, 0.29) is 6.61 Å². The zero-order valence-corrected chi connectivity index (χ0v) is 21.4. The lowest BCUT2D eigenvalue weighted by molar-refractivity contribution is -0.333. The van der Waals surface area contributed by atoms with E-state index < -0.39 is 43.2 Å². The number of aliphatic hydroxyl groups is 2. The van der Waals surface area contributed by atoms with Gasteiger partial charge in [-0.25, -0.2) is 0 Å². The van der Waals surface area contributed by atoms with Crippen molar-refractivity contribution in [2.24, 2.45) is 0 Å². The number of carbonyl (C=O) groups is 1. The van der Waals surface area contributed by atoms with Crippen LogP contribution in [-0.2, 0) is 37.0 Å². The third kappa shape index (κ3) is 7.23. The van der Waals surface area contributed by atoms with Crippen molar-refractivity contribution in [2.45, 2.75) is 43.2 Å². The fraction of sp³-hybridized carbons (Fsp3) is 0.323. The van der Waals surface area contributed by atoms with Gasteiger partial charge < -0.3 is 34.0 Å². The summed E-state index contributed by atoms with van der Waals surface area (Å²) in [4.78, 5) is 8.00. The first kappa shape index (κ1) is 29.4. The van der Waals surface area contributed by atoms with Gasteiger partial charge in [-0.1, -0.05) is 97.1 Å². The molecular weight excluding hydrogens is 484 g/mol. The van der Waals surface area contributed by atoms with Crippen molar-refractivity contribution < 1.29 is 34.0 Å². The number of carbonyl (C=O) groups excluding carboxylic acids is 1. The molecule has 0 spiro atoms. The molecule has 0 radical (unpaired) electrons. The summed E-state index contributed by atoms with van der Waals surface area (Å²) in [7, 11) is 0. The maximum absolute atomic E-state index is 10.6. The zero-order chi connectivity index (χ0) is 27.2. The first-order valence-electron chi connectivity index (χ1n) is 12.5. The van der Waals surface area contributed by atoms with Crippen LogP contribution < -0.4 is 0 Å². The Balaban J connectivity index is 0.00000195. The molecule has 3 aromatic rings. The van der Waals surface area contributed by atoms with Crippen LogP contribution in [0.25, 0.3) is 0 Å². The van der Waals surface area contributed by atoms with Gasteiger partial charge in [-0.15, -0.1) is 6.58 Å². The van der Waals surface area contributed by atoms with Gasteiger partial charge in [0.15, 0.2) is 6.29 Å². The summed E-state index contributed by atoms with van der Waals surface area (Å²) in [6, 6.07) is 29.4. The molecular formula is C31H36O7. The summed E-state index contributed by atoms with van der Waals surface area (Å²) in [5, 5.41) is 21.1. The van der Waals surface area contributed by atoms with Crippen LogP contribution >= 0.6 is 0 Å². The van der Waals surface area contributed by atoms with Crippen molar-refractivity contribution in [2.75, 3.05) is 19.8 Å². The lowest BCUT2D eigenvalue weighted by Gasteiger charge is -2.52. The fourth-order valence-corrected chi connectivity index (χ4v) is 4.68. The van der Waals surface area contributed by atoms with Crippen LogP contribution in [0.2, 0.25) is 0 Å². The summed E-state index contributed by atoms with van der Waals surface area (Å²) >= 11 is 0. The first-order valence-corrected chi connectivity index (χ1v) is 12.5. The van der Waals surface area contributed by atoms with Gasteiger partial charge in [0.1, 0.15) is 18.5 Å². The van der Waals surface area contributed by atoms with Crippen molar-refractivity contribution in [3.05, 3.63) is 120 Å². The number of ether oxygens (including phenoxy) is 4. The van der Waals surface area contributed by atoms with Gasteiger partial charge in [-0.05, 0) is 16.7 Å². The van der Waals surface area contributed by atoms with Crippen molar-refractivity contribution in [1.29, 1.82) is 0 Å². The highest BCUT2D eigenvalue weighted by atomic mass is 16.7. The van der Waals surface area contributed by atoms with Crippen LogP contribution in [0.4, 0.5) is 0 Å². The summed E-state index contributed by atoms with van der Waals surface area (Å²) in [5.41, 5.74) is 1.52. The standard InChI is InChI=1S/C30H34O6.CH2O/c1-2-18-33-29-28(35-20-24-14-8-4-9-15-24)27(34-19-23-12-6-3-7-13-23)26(25-16-10-5-11-17-25)30(21-31,22-32)36-29;1-2/h2-17,26-29,31-32H,1,18-22H2;1H2/t26-,27-,28+,29?;/m0./s1. The van der Waals surface area contributed by atoms with E-state index in [1.807, 2.05) is 97.8 Å². The van der Waals surface area contributed by atoms with Crippen LogP contribution in [-0.4, -0.2) is 60.9 Å². The lowest BCUT2D eigenvalue weighted by Crippen LogP contribution is -2.64. The molecule has 0 aromatic heterocycles. The molecule has 1 fully saturated rings. The number of hydrogen-bond donors (Lipinski definition) is 2. The Morgan fingerprint density at radius 3 is 1.68 bits per heavy atom. The van der Waals surface area contributed by atoms with Crippen molar-refractivity contribution in [3.8, 4) is 0 Å². The van der Waals surface area contributed by atoms with Gasteiger partial charge in [0.2, 0.25) is 0 Å². The molecule has 0 bridgehead atoms. The Bertz CT molecular complexity index is 1060. The van der Waals surface area contributed by atoms with Crippen LogP contribution in [0, 0.1) is 0 Å². The van der Waals surface area contributed by atoms with E-state index in [9.17, 15) is 10.2 Å². The Kier molecular flexibility index (Phi) is 11.8. The number of rotatable bonds is 12. The molecule has 0 amide bonds. The molecule has 1 aliphatic heterocycles. The van der Waals surface area contributed by atoms with Gasteiger partial charge in [-0.2, -0.15) is 0 Å². The maximum atomic E-state index is 10.6. The Morgan fingerprint density at radius 2 is 1.21 bits per heavy atom. The molecule has 0 saturated carbocycles. The molecule has 202 valence electrons. The molecule has 3 aromatic carbocycles. The number of benzene rings is 3. The van der Waals surface area contributed by atoms with E-state index >= 15 is 0 Å². The SMILES string of the molecule is C=CCOC1OC(CO)(CO)[C@@H](c2ccccc2)[C@H](OCc2ccccc2)[C@H]1OCc1ccccc1.C=O. The monoisotopic (exact) mass is 520 g/mol. The minimum Gasteiger partial charge on any atom is -0.393 e. The molecule has 1 heterocycles. The largest absolute Gasteiger partial charge is 0.393 e. The summed E-state index contributed by atoms with van der Waals surface area (Å²) in [5.74, 6) is -0.526. The van der Waals surface area contributed by atoms with E-state index in [1.54, 1.807) is 6.08 Å². The van der Waals surface area contributed by atoms with Crippen molar-refractivity contribution >= 4 is 6.79 Å². The summed E-state index contributed by atoms with van der Waals surface area (Å²) in [6.07, 6.45) is -0.517. The third-order valence-electron chi connectivity index (χ3n) is 6.48.